The van der Waals surface area contributed by atoms with Gasteiger partial charge in [0.05, 0.1) is 6.42 Å². The molecule has 0 aliphatic carbocycles. The zero-order chi connectivity index (χ0) is 8.27. The van der Waals surface area contributed by atoms with Crippen molar-refractivity contribution in [1.29, 1.82) is 0 Å². The summed E-state index contributed by atoms with van der Waals surface area (Å²) >= 11 is 0. The van der Waals surface area contributed by atoms with E-state index in [0.717, 1.165) is 11.3 Å². The number of hydrogen-bond donors (Lipinski definition) is 2. The summed E-state index contributed by atoms with van der Waals surface area (Å²) in [7, 11) is 0. The van der Waals surface area contributed by atoms with Gasteiger partial charge in [-0.25, -0.2) is 0 Å². The van der Waals surface area contributed by atoms with Crippen molar-refractivity contribution < 1.29 is 15.6 Å². The highest BCUT2D eigenvalue weighted by Crippen LogP contribution is 2.05. The van der Waals surface area contributed by atoms with Crippen LogP contribution in [0.25, 0.3) is 0 Å². The molecule has 0 atom stereocenters. The van der Waals surface area contributed by atoms with Crippen LogP contribution in [0.5, 0.6) is 0 Å². The minimum absolute atomic E-state index is 0.0728. The number of benzene rings is 1. The quantitative estimate of drug-likeness (QED) is 0.635. The fourth-order valence-electron chi connectivity index (χ4n) is 0.914. The first kappa shape index (κ1) is 7.75. The van der Waals surface area contributed by atoms with E-state index in [1.54, 1.807) is 18.2 Å². The number of carbonyl (C=O) groups is 1. The van der Waals surface area contributed by atoms with Crippen molar-refractivity contribution in [1.82, 2.24) is 0 Å². The van der Waals surface area contributed by atoms with Crippen LogP contribution >= 0.6 is 0 Å². The normalized spacial score (nSPS) is 9.55. The van der Waals surface area contributed by atoms with Crippen LogP contribution in [0, 0.1) is 0 Å². The molecule has 11 heavy (non-hydrogen) atoms. The van der Waals surface area contributed by atoms with E-state index in [9.17, 15) is 4.79 Å². The molecular weight excluding hydrogens is 142 g/mol. The molecule has 0 unspecified atom stereocenters. The maximum absolute atomic E-state index is 10.3. The average molecular weight is 152 g/mol. The van der Waals surface area contributed by atoms with Gasteiger partial charge in [0.15, 0.2) is 0 Å². The van der Waals surface area contributed by atoms with Gasteiger partial charge in [-0.15, -0.1) is 0 Å². The molecule has 1 aromatic carbocycles. The summed E-state index contributed by atoms with van der Waals surface area (Å²) in [5, 5.41) is 8.44. The fourth-order valence-corrected chi connectivity index (χ4v) is 0.914. The lowest BCUT2D eigenvalue weighted by Gasteiger charge is -1.94. The van der Waals surface area contributed by atoms with E-state index in [4.69, 9.17) is 5.11 Å². The first-order chi connectivity index (χ1) is 5.18. The number of hydrogen-bond acceptors (Lipinski definition) is 1. The number of aliphatic carboxylic acids is 1. The highest BCUT2D eigenvalue weighted by atomic mass is 16.4. The van der Waals surface area contributed by atoms with E-state index in [1.165, 1.54) is 0 Å². The van der Waals surface area contributed by atoms with Gasteiger partial charge in [0.25, 0.3) is 0 Å². The maximum Gasteiger partial charge on any atom is 0.307 e. The van der Waals surface area contributed by atoms with Crippen LogP contribution in [0.1, 0.15) is 5.56 Å². The third-order valence-corrected chi connectivity index (χ3v) is 1.35. The van der Waals surface area contributed by atoms with Crippen molar-refractivity contribution in [2.24, 2.45) is 0 Å². The van der Waals surface area contributed by atoms with E-state index in [-0.39, 0.29) is 6.42 Å². The van der Waals surface area contributed by atoms with E-state index >= 15 is 0 Å². The maximum atomic E-state index is 10.3. The predicted molar refractivity (Wildman–Crippen MR) is 40.3 cm³/mol. The molecular formula is C8H10NO2+. The molecule has 0 amide bonds. The Balaban J connectivity index is 2.79. The van der Waals surface area contributed by atoms with E-state index in [0.29, 0.717) is 0 Å². The van der Waals surface area contributed by atoms with Crippen molar-refractivity contribution in [3.63, 3.8) is 0 Å². The lowest BCUT2D eigenvalue weighted by Crippen LogP contribution is -2.40. The monoisotopic (exact) mass is 152 g/mol. The van der Waals surface area contributed by atoms with Crippen LogP contribution in [0.2, 0.25) is 0 Å². The minimum atomic E-state index is -0.810. The van der Waals surface area contributed by atoms with Crippen molar-refractivity contribution in [3.8, 4) is 0 Å². The Morgan fingerprint density at radius 2 is 2.27 bits per heavy atom. The molecule has 1 aromatic rings. The summed E-state index contributed by atoms with van der Waals surface area (Å²) in [5.74, 6) is -0.810. The highest BCUT2D eigenvalue weighted by molar-refractivity contribution is 5.70. The lowest BCUT2D eigenvalue weighted by atomic mass is 10.1. The fraction of sp³-hybridized carbons (Fsp3) is 0.125. The summed E-state index contributed by atoms with van der Waals surface area (Å²) in [6, 6.07) is 7.20. The molecule has 0 aliphatic rings. The molecule has 0 fully saturated rings. The number of rotatable bonds is 2. The Morgan fingerprint density at radius 1 is 1.55 bits per heavy atom. The molecule has 0 saturated heterocycles. The molecule has 0 spiro atoms. The predicted octanol–water partition coefficient (Wildman–Crippen LogP) is 0.187. The van der Waals surface area contributed by atoms with Crippen LogP contribution in [-0.4, -0.2) is 11.1 Å². The van der Waals surface area contributed by atoms with E-state index in [1.807, 2.05) is 6.07 Å². The zero-order valence-electron chi connectivity index (χ0n) is 6.08. The number of carboxylic acid groups (broad SMARTS) is 1. The molecule has 0 aromatic heterocycles. The van der Waals surface area contributed by atoms with Crippen molar-refractivity contribution in [2.75, 3.05) is 0 Å². The lowest BCUT2D eigenvalue weighted by molar-refractivity contribution is -0.254. The second-order valence-corrected chi connectivity index (χ2v) is 2.39. The van der Waals surface area contributed by atoms with Crippen molar-refractivity contribution in [3.05, 3.63) is 29.8 Å². The Kier molecular flexibility index (Phi) is 2.23. The van der Waals surface area contributed by atoms with Gasteiger partial charge in [0, 0.05) is 6.07 Å². The summed E-state index contributed by atoms with van der Waals surface area (Å²) in [6.45, 7) is 0. The molecule has 3 nitrogen and oxygen atoms in total. The van der Waals surface area contributed by atoms with E-state index in [2.05, 4.69) is 5.73 Å². The summed E-state index contributed by atoms with van der Waals surface area (Å²) in [6.07, 6.45) is 0.0728. The SMILES string of the molecule is [NH3+]c1cccc(CC(=O)O)c1. The Hall–Kier alpha value is -1.35. The van der Waals surface area contributed by atoms with Gasteiger partial charge in [0.1, 0.15) is 5.69 Å². The van der Waals surface area contributed by atoms with Gasteiger partial charge >= 0.3 is 5.97 Å². The molecule has 58 valence electrons. The summed E-state index contributed by atoms with van der Waals surface area (Å²) in [4.78, 5) is 10.3. The Labute approximate surface area is 64.5 Å². The van der Waals surface area contributed by atoms with Gasteiger partial charge in [-0.05, 0) is 11.6 Å². The Morgan fingerprint density at radius 3 is 2.82 bits per heavy atom. The minimum Gasteiger partial charge on any atom is -0.481 e. The van der Waals surface area contributed by atoms with Gasteiger partial charge in [0.2, 0.25) is 0 Å². The van der Waals surface area contributed by atoms with Gasteiger partial charge in [-0.2, -0.15) is 0 Å². The third-order valence-electron chi connectivity index (χ3n) is 1.35. The first-order valence-corrected chi connectivity index (χ1v) is 3.31. The standard InChI is InChI=1S/C8H9NO2/c9-7-3-1-2-6(4-7)5-8(10)11/h1-4H,5,9H2,(H,10,11)/p+1. The van der Waals surface area contributed by atoms with Gasteiger partial charge < -0.3 is 10.8 Å². The van der Waals surface area contributed by atoms with Crippen molar-refractivity contribution in [2.45, 2.75) is 6.42 Å². The second kappa shape index (κ2) is 3.16. The van der Waals surface area contributed by atoms with Gasteiger partial charge in [-0.3, -0.25) is 4.79 Å². The van der Waals surface area contributed by atoms with Crippen LogP contribution in [0.15, 0.2) is 24.3 Å². The van der Waals surface area contributed by atoms with Crippen LogP contribution < -0.4 is 5.73 Å². The summed E-state index contributed by atoms with van der Waals surface area (Å²) < 4.78 is 0. The van der Waals surface area contributed by atoms with E-state index < -0.39 is 5.97 Å². The third kappa shape index (κ3) is 2.39. The van der Waals surface area contributed by atoms with Crippen LogP contribution in [0.3, 0.4) is 0 Å². The van der Waals surface area contributed by atoms with Crippen LogP contribution in [-0.2, 0) is 11.2 Å². The molecule has 0 heterocycles. The van der Waals surface area contributed by atoms with Crippen molar-refractivity contribution >= 4 is 11.7 Å². The molecule has 0 aliphatic heterocycles. The molecule has 1 rings (SSSR count). The topological polar surface area (TPSA) is 64.9 Å². The second-order valence-electron chi connectivity index (χ2n) is 2.39. The number of carboxylic acids is 1. The smallest absolute Gasteiger partial charge is 0.307 e. The zero-order valence-corrected chi connectivity index (χ0v) is 6.08. The molecule has 4 N–H and O–H groups in total. The van der Waals surface area contributed by atoms with Crippen LogP contribution in [0.4, 0.5) is 5.69 Å². The average Bonchev–Trinajstić information content (AvgIpc) is 1.85. The Bertz CT molecular complexity index is 271. The molecule has 0 radical (unpaired) electrons. The van der Waals surface area contributed by atoms with Gasteiger partial charge in [-0.1, -0.05) is 12.1 Å². The molecule has 3 heteroatoms. The molecule has 0 bridgehead atoms. The highest BCUT2D eigenvalue weighted by Gasteiger charge is 2.00. The largest absolute Gasteiger partial charge is 0.481 e. The number of quaternary nitrogens is 1. The first-order valence-electron chi connectivity index (χ1n) is 3.31. The molecule has 0 saturated carbocycles. The summed E-state index contributed by atoms with van der Waals surface area (Å²) in [5.41, 5.74) is 5.34.